The van der Waals surface area contributed by atoms with Crippen molar-refractivity contribution >= 4 is 34.8 Å². The predicted molar refractivity (Wildman–Crippen MR) is 106 cm³/mol. The van der Waals surface area contributed by atoms with E-state index in [4.69, 9.17) is 4.18 Å². The molecule has 0 unspecified atom stereocenters. The first-order valence-electron chi connectivity index (χ1n) is 8.54. The molecule has 2 aromatic heterocycles. The monoisotopic (exact) mass is 365 g/mol. The van der Waals surface area contributed by atoms with Crippen molar-refractivity contribution in [2.75, 3.05) is 11.1 Å². The maximum atomic E-state index is 12.1. The third-order valence-corrected chi connectivity index (χ3v) is 4.92. The lowest BCUT2D eigenvalue weighted by Gasteiger charge is -2.09. The summed E-state index contributed by atoms with van der Waals surface area (Å²) in [5.74, 6) is 2.30. The Kier molecular flexibility index (Phi) is 4.67. The van der Waals surface area contributed by atoms with Crippen LogP contribution < -0.4 is 9.50 Å². The number of nitrogens with zero attached hydrogens (tertiary/aromatic N) is 1. The number of hydrogen-bond donors (Lipinski definition) is 2. The smallest absolute Gasteiger partial charge is 0.228 e. The zero-order valence-corrected chi connectivity index (χ0v) is 15.0. The van der Waals surface area contributed by atoms with Gasteiger partial charge in [0.2, 0.25) is 5.91 Å². The van der Waals surface area contributed by atoms with Gasteiger partial charge in [0.1, 0.15) is 17.2 Å². The summed E-state index contributed by atoms with van der Waals surface area (Å²) < 4.78 is 5.59. The zero-order valence-electron chi connectivity index (χ0n) is 14.2. The number of carbonyl (C=O) groups excluding carboxylic acids is 1. The second-order valence-corrected chi connectivity index (χ2v) is 6.98. The van der Waals surface area contributed by atoms with Crippen LogP contribution in [-0.4, -0.2) is 21.6 Å². The van der Waals surface area contributed by atoms with Crippen molar-refractivity contribution in [1.29, 1.82) is 0 Å². The number of amides is 1. The summed E-state index contributed by atoms with van der Waals surface area (Å²) in [5, 5.41) is 3.95. The summed E-state index contributed by atoms with van der Waals surface area (Å²) in [5.41, 5.74) is 2.82. The summed E-state index contributed by atoms with van der Waals surface area (Å²) in [6.07, 6.45) is 5.59. The minimum atomic E-state index is 0.0531. The highest BCUT2D eigenvalue weighted by atomic mass is 32.2. The zero-order chi connectivity index (χ0) is 17.9. The molecule has 2 N–H and O–H groups in total. The number of aromatic nitrogens is 2. The van der Waals surface area contributed by atoms with Gasteiger partial charge >= 0.3 is 0 Å². The van der Waals surface area contributed by atoms with Crippen LogP contribution >= 0.6 is 12.0 Å². The van der Waals surface area contributed by atoms with Crippen LogP contribution in [0.5, 0.6) is 5.75 Å². The first kappa shape index (κ1) is 16.7. The number of anilines is 1. The molecule has 0 atom stereocenters. The lowest BCUT2D eigenvalue weighted by Crippen LogP contribution is -2.14. The Balaban J connectivity index is 1.62. The van der Waals surface area contributed by atoms with E-state index in [1.807, 2.05) is 42.6 Å². The number of pyridine rings is 1. The highest BCUT2D eigenvalue weighted by molar-refractivity contribution is 7.95. The van der Waals surface area contributed by atoms with Crippen molar-refractivity contribution in [2.45, 2.75) is 12.8 Å². The molecule has 5 nitrogen and oxygen atoms in total. The Bertz CT molecular complexity index is 945. The van der Waals surface area contributed by atoms with E-state index < -0.39 is 0 Å². The van der Waals surface area contributed by atoms with Crippen molar-refractivity contribution in [3.8, 4) is 16.9 Å². The van der Waals surface area contributed by atoms with Crippen LogP contribution in [0.2, 0.25) is 0 Å². The maximum Gasteiger partial charge on any atom is 0.228 e. The van der Waals surface area contributed by atoms with Gasteiger partial charge in [-0.3, -0.25) is 4.79 Å². The molecule has 1 amide bonds. The number of carbonyl (C=O) groups is 1. The van der Waals surface area contributed by atoms with Gasteiger partial charge in [-0.15, -0.1) is 6.58 Å². The minimum absolute atomic E-state index is 0.0531. The average molecular weight is 365 g/mol. The number of fused-ring (bicyclic) bond motifs is 1. The molecular weight excluding hydrogens is 346 g/mol. The molecule has 1 saturated carbocycles. The summed E-state index contributed by atoms with van der Waals surface area (Å²) in [6.45, 7) is 3.67. The van der Waals surface area contributed by atoms with Gasteiger partial charge < -0.3 is 14.5 Å². The number of aromatic amines is 1. The molecule has 0 aliphatic heterocycles. The van der Waals surface area contributed by atoms with E-state index >= 15 is 0 Å². The number of rotatable bonds is 7. The van der Waals surface area contributed by atoms with Crippen molar-refractivity contribution in [3.63, 3.8) is 0 Å². The lowest BCUT2D eigenvalue weighted by molar-refractivity contribution is -0.117. The van der Waals surface area contributed by atoms with Gasteiger partial charge in [-0.25, -0.2) is 4.98 Å². The standard InChI is InChI=1S/C20H19N3O2S/c1-2-11-26-25-15-7-5-13(6-8-15)17-12-18(23-20(24)14-3-4-14)22-19-16(17)9-10-21-19/h2,5-10,12,14H,1,3-4,11H2,(H2,21,22,23,24). The van der Waals surface area contributed by atoms with Crippen LogP contribution in [0, 0.1) is 5.92 Å². The topological polar surface area (TPSA) is 67.0 Å². The van der Waals surface area contributed by atoms with E-state index in [1.54, 1.807) is 6.08 Å². The third-order valence-electron chi connectivity index (χ3n) is 4.23. The van der Waals surface area contributed by atoms with Crippen LogP contribution in [0.1, 0.15) is 12.8 Å². The van der Waals surface area contributed by atoms with Gasteiger partial charge in [0, 0.05) is 23.3 Å². The first-order valence-corrected chi connectivity index (χ1v) is 9.45. The molecule has 1 fully saturated rings. The Morgan fingerprint density at radius 1 is 1.35 bits per heavy atom. The van der Waals surface area contributed by atoms with Crippen LogP contribution in [0.4, 0.5) is 5.82 Å². The molecule has 1 aliphatic rings. The van der Waals surface area contributed by atoms with Gasteiger partial charge in [0.15, 0.2) is 0 Å². The molecule has 132 valence electrons. The Morgan fingerprint density at radius 3 is 2.88 bits per heavy atom. The Labute approximate surface area is 156 Å². The molecule has 2 heterocycles. The number of hydrogen-bond acceptors (Lipinski definition) is 4. The van der Waals surface area contributed by atoms with E-state index in [-0.39, 0.29) is 11.8 Å². The molecule has 0 spiro atoms. The fourth-order valence-corrected chi connectivity index (χ4v) is 3.17. The normalized spacial score (nSPS) is 13.5. The number of benzene rings is 1. The molecule has 3 aromatic rings. The van der Waals surface area contributed by atoms with Crippen molar-refractivity contribution in [2.24, 2.45) is 5.92 Å². The molecule has 0 saturated heterocycles. The van der Waals surface area contributed by atoms with Crippen LogP contribution in [0.15, 0.2) is 55.3 Å². The summed E-state index contributed by atoms with van der Waals surface area (Å²) in [4.78, 5) is 19.7. The van der Waals surface area contributed by atoms with Gasteiger partial charge in [0.05, 0.1) is 12.0 Å². The Hall–Kier alpha value is -2.73. The first-order chi connectivity index (χ1) is 12.7. The molecule has 4 rings (SSSR count). The SMILES string of the molecule is C=CCSOc1ccc(-c2cc(NC(=O)C3CC3)nc3[nH]ccc23)cc1. The van der Waals surface area contributed by atoms with Crippen LogP contribution in [0.3, 0.4) is 0 Å². The number of nitrogens with one attached hydrogen (secondary N) is 2. The van der Waals surface area contributed by atoms with E-state index in [9.17, 15) is 4.79 Å². The molecule has 26 heavy (non-hydrogen) atoms. The number of H-pyrrole nitrogens is 1. The fourth-order valence-electron chi connectivity index (χ4n) is 2.75. The average Bonchev–Trinajstić information content (AvgIpc) is 3.40. The van der Waals surface area contributed by atoms with Gasteiger partial charge in [-0.2, -0.15) is 0 Å². The Morgan fingerprint density at radius 2 is 2.15 bits per heavy atom. The largest absolute Gasteiger partial charge is 0.425 e. The van der Waals surface area contributed by atoms with Crippen molar-refractivity contribution in [1.82, 2.24) is 9.97 Å². The highest BCUT2D eigenvalue weighted by Crippen LogP contribution is 2.33. The summed E-state index contributed by atoms with van der Waals surface area (Å²) >= 11 is 1.35. The molecule has 1 aliphatic carbocycles. The van der Waals surface area contributed by atoms with Crippen molar-refractivity contribution in [3.05, 3.63) is 55.3 Å². The van der Waals surface area contributed by atoms with E-state index in [2.05, 4.69) is 21.9 Å². The quantitative estimate of drug-likeness (QED) is 0.359. The van der Waals surface area contributed by atoms with E-state index in [0.717, 1.165) is 46.5 Å². The van der Waals surface area contributed by atoms with Gasteiger partial charge in [-0.05, 0) is 48.2 Å². The van der Waals surface area contributed by atoms with Gasteiger partial charge in [-0.1, -0.05) is 18.2 Å². The molecule has 1 aromatic carbocycles. The lowest BCUT2D eigenvalue weighted by atomic mass is 10.0. The second kappa shape index (κ2) is 7.25. The predicted octanol–water partition coefficient (Wildman–Crippen LogP) is 4.79. The van der Waals surface area contributed by atoms with Crippen molar-refractivity contribution < 1.29 is 8.98 Å². The second-order valence-electron chi connectivity index (χ2n) is 6.24. The summed E-state index contributed by atoms with van der Waals surface area (Å²) in [7, 11) is 0. The highest BCUT2D eigenvalue weighted by Gasteiger charge is 2.30. The molecule has 0 bridgehead atoms. The third kappa shape index (κ3) is 3.60. The maximum absolute atomic E-state index is 12.1. The molecular formula is C20H19N3O2S. The van der Waals surface area contributed by atoms with Crippen LogP contribution in [0.25, 0.3) is 22.2 Å². The van der Waals surface area contributed by atoms with Gasteiger partial charge in [0.25, 0.3) is 0 Å². The molecule has 6 heteroatoms. The summed E-state index contributed by atoms with van der Waals surface area (Å²) in [6, 6.07) is 11.8. The van der Waals surface area contributed by atoms with E-state index in [0.29, 0.717) is 5.82 Å². The van der Waals surface area contributed by atoms with E-state index in [1.165, 1.54) is 12.0 Å². The van der Waals surface area contributed by atoms with Crippen LogP contribution in [-0.2, 0) is 4.79 Å². The fraction of sp³-hybridized carbons (Fsp3) is 0.200. The molecule has 0 radical (unpaired) electrons. The minimum Gasteiger partial charge on any atom is -0.425 e.